The van der Waals surface area contributed by atoms with Gasteiger partial charge in [0, 0.05) is 24.7 Å². The van der Waals surface area contributed by atoms with E-state index >= 15 is 0 Å². The molecule has 2 aromatic carbocycles. The molecular weight excluding hydrogens is 433 g/mol. The number of sulfonamides is 1. The van der Waals surface area contributed by atoms with E-state index in [1.165, 1.54) is 22.9 Å². The van der Waals surface area contributed by atoms with Crippen molar-refractivity contribution in [3.05, 3.63) is 47.8 Å². The fourth-order valence-electron chi connectivity index (χ4n) is 3.56. The maximum Gasteiger partial charge on any atom is 0.266 e. The summed E-state index contributed by atoms with van der Waals surface area (Å²) in [5.74, 6) is -0.743. The Balaban J connectivity index is 1.70. The molecule has 0 bridgehead atoms. The molecule has 4 rings (SSSR count). The number of nitrogens with one attached hydrogen (secondary N) is 2. The van der Waals surface area contributed by atoms with Crippen LogP contribution in [0.3, 0.4) is 0 Å². The number of alkyl halides is 2. The maximum absolute atomic E-state index is 13.6. The molecule has 1 atom stereocenters. The second-order valence-corrected chi connectivity index (χ2v) is 9.46. The number of hydrogen-bond donors (Lipinski definition) is 2. The van der Waals surface area contributed by atoms with E-state index in [4.69, 9.17) is 4.74 Å². The Labute approximate surface area is 177 Å². The summed E-state index contributed by atoms with van der Waals surface area (Å²) in [7, 11) is -2.17. The molecule has 0 spiro atoms. The Bertz CT molecular complexity index is 1240. The molecule has 0 unspecified atom stereocenters. The number of halogens is 3. The van der Waals surface area contributed by atoms with Gasteiger partial charge in [-0.05, 0) is 49.7 Å². The van der Waals surface area contributed by atoms with Gasteiger partial charge >= 0.3 is 0 Å². The Morgan fingerprint density at radius 3 is 2.68 bits per heavy atom. The molecule has 0 amide bonds. The molecule has 0 radical (unpaired) electrons. The number of ether oxygens (including phenoxy) is 1. The third kappa shape index (κ3) is 4.25. The van der Waals surface area contributed by atoms with Crippen LogP contribution in [-0.2, 0) is 21.8 Å². The molecule has 2 N–H and O–H groups in total. The fourth-order valence-corrected chi connectivity index (χ4v) is 5.01. The highest BCUT2D eigenvalue weighted by molar-refractivity contribution is 7.89. The maximum atomic E-state index is 13.6. The average molecular weight is 454 g/mol. The van der Waals surface area contributed by atoms with Gasteiger partial charge in [0.25, 0.3) is 6.43 Å². The zero-order chi connectivity index (χ0) is 22.4. The van der Waals surface area contributed by atoms with E-state index in [9.17, 15) is 21.6 Å². The molecule has 0 aliphatic carbocycles. The largest absolute Gasteiger partial charge is 0.379 e. The van der Waals surface area contributed by atoms with E-state index in [2.05, 4.69) is 15.1 Å². The number of fused-ring (bicyclic) bond motifs is 1. The Hall–Kier alpha value is -2.63. The highest BCUT2D eigenvalue weighted by atomic mass is 32.2. The standard InChI is InChI=1S/C20H21F3N4O3S/c1-20(7-8-30-11-20)26-31(28,29)13-4-6-17-15(10-13)19(25-27(17)2)24-12-3-5-16(21)14(9-12)18(22)23/h3-6,9-10,18,26H,7-8,11H2,1-2H3,(H,24,25)/t20-/m0/s1. The third-order valence-electron chi connectivity index (χ3n) is 5.23. The normalized spacial score (nSPS) is 19.4. The van der Waals surface area contributed by atoms with Gasteiger partial charge < -0.3 is 10.1 Å². The molecule has 1 aliphatic heterocycles. The molecule has 1 aromatic heterocycles. The minimum Gasteiger partial charge on any atom is -0.379 e. The minimum atomic E-state index is -3.84. The summed E-state index contributed by atoms with van der Waals surface area (Å²) in [4.78, 5) is 0.0385. The highest BCUT2D eigenvalue weighted by Crippen LogP contribution is 2.31. The fraction of sp³-hybridized carbons (Fsp3) is 0.350. The Morgan fingerprint density at radius 1 is 1.23 bits per heavy atom. The van der Waals surface area contributed by atoms with Crippen molar-refractivity contribution >= 4 is 32.4 Å². The first-order chi connectivity index (χ1) is 14.6. The monoisotopic (exact) mass is 454 g/mol. The second kappa shape index (κ2) is 7.81. The van der Waals surface area contributed by atoms with E-state index in [0.717, 1.165) is 12.1 Å². The molecular formula is C20H21F3N4O3S. The molecule has 31 heavy (non-hydrogen) atoms. The van der Waals surface area contributed by atoms with E-state index in [-0.39, 0.29) is 23.0 Å². The number of hydrogen-bond acceptors (Lipinski definition) is 5. The highest BCUT2D eigenvalue weighted by Gasteiger charge is 2.34. The van der Waals surface area contributed by atoms with Gasteiger partial charge in [-0.1, -0.05) is 0 Å². The Morgan fingerprint density at radius 2 is 2.00 bits per heavy atom. The van der Waals surface area contributed by atoms with Gasteiger partial charge in [0.2, 0.25) is 10.0 Å². The molecule has 0 saturated carbocycles. The van der Waals surface area contributed by atoms with Crippen molar-refractivity contribution in [3.8, 4) is 0 Å². The molecule has 166 valence electrons. The van der Waals surface area contributed by atoms with Crippen molar-refractivity contribution < 1.29 is 26.3 Å². The van der Waals surface area contributed by atoms with Crippen LogP contribution in [0.1, 0.15) is 25.3 Å². The first-order valence-electron chi connectivity index (χ1n) is 9.51. The number of aryl methyl sites for hydroxylation is 1. The third-order valence-corrected chi connectivity index (χ3v) is 6.86. The molecule has 7 nitrogen and oxygen atoms in total. The summed E-state index contributed by atoms with van der Waals surface area (Å²) < 4.78 is 75.0. The summed E-state index contributed by atoms with van der Waals surface area (Å²) in [6, 6.07) is 7.81. The number of aromatic nitrogens is 2. The van der Waals surface area contributed by atoms with E-state index < -0.39 is 33.4 Å². The molecule has 1 saturated heterocycles. The van der Waals surface area contributed by atoms with Crippen LogP contribution >= 0.6 is 0 Å². The van der Waals surface area contributed by atoms with Crippen LogP contribution in [-0.4, -0.2) is 37.0 Å². The number of nitrogens with zero attached hydrogens (tertiary/aromatic N) is 2. The SMILES string of the molecule is Cn1nc(Nc2ccc(F)c(C(F)F)c2)c2cc(S(=O)(=O)N[C@@]3(C)CCOC3)ccc21. The van der Waals surface area contributed by atoms with Crippen LogP contribution in [0.2, 0.25) is 0 Å². The lowest BCUT2D eigenvalue weighted by Gasteiger charge is -2.23. The molecule has 11 heteroatoms. The minimum absolute atomic E-state index is 0.0385. The van der Waals surface area contributed by atoms with Crippen molar-refractivity contribution in [2.45, 2.75) is 30.2 Å². The van der Waals surface area contributed by atoms with Gasteiger partial charge in [-0.2, -0.15) is 5.10 Å². The lowest BCUT2D eigenvalue weighted by Crippen LogP contribution is -2.46. The van der Waals surface area contributed by atoms with Crippen molar-refractivity contribution in [3.63, 3.8) is 0 Å². The first-order valence-corrected chi connectivity index (χ1v) is 11.0. The zero-order valence-electron chi connectivity index (χ0n) is 16.8. The van der Waals surface area contributed by atoms with Crippen LogP contribution < -0.4 is 10.0 Å². The van der Waals surface area contributed by atoms with Crippen LogP contribution in [0.4, 0.5) is 24.7 Å². The smallest absolute Gasteiger partial charge is 0.266 e. The van der Waals surface area contributed by atoms with E-state index in [1.807, 2.05) is 0 Å². The van der Waals surface area contributed by atoms with Crippen LogP contribution in [0.25, 0.3) is 10.9 Å². The lowest BCUT2D eigenvalue weighted by atomic mass is 10.0. The molecule has 3 aromatic rings. The average Bonchev–Trinajstić information content (AvgIpc) is 3.25. The van der Waals surface area contributed by atoms with Gasteiger partial charge in [0.15, 0.2) is 5.82 Å². The predicted octanol–water partition coefficient (Wildman–Crippen LogP) is 3.85. The van der Waals surface area contributed by atoms with Crippen molar-refractivity contribution in [1.29, 1.82) is 0 Å². The number of anilines is 2. The van der Waals surface area contributed by atoms with Crippen LogP contribution in [0.15, 0.2) is 41.3 Å². The predicted molar refractivity (Wildman–Crippen MR) is 110 cm³/mol. The van der Waals surface area contributed by atoms with Gasteiger partial charge in [0.05, 0.1) is 28.1 Å². The first kappa shape index (κ1) is 21.6. The van der Waals surface area contributed by atoms with Gasteiger partial charge in [-0.3, -0.25) is 4.68 Å². The lowest BCUT2D eigenvalue weighted by molar-refractivity contribution is 0.146. The number of benzene rings is 2. The molecule has 1 aliphatic rings. The van der Waals surface area contributed by atoms with E-state index in [0.29, 0.717) is 23.9 Å². The Kier molecular flexibility index (Phi) is 5.44. The van der Waals surface area contributed by atoms with Crippen molar-refractivity contribution in [2.75, 3.05) is 18.5 Å². The topological polar surface area (TPSA) is 85.2 Å². The quantitative estimate of drug-likeness (QED) is 0.591. The molecule has 2 heterocycles. The van der Waals surface area contributed by atoms with Crippen LogP contribution in [0, 0.1) is 5.82 Å². The van der Waals surface area contributed by atoms with E-state index in [1.54, 1.807) is 20.0 Å². The number of rotatable bonds is 6. The van der Waals surface area contributed by atoms with Crippen LogP contribution in [0.5, 0.6) is 0 Å². The summed E-state index contributed by atoms with van der Waals surface area (Å²) in [6.07, 6.45) is -2.41. The van der Waals surface area contributed by atoms with Gasteiger partial charge in [-0.15, -0.1) is 0 Å². The summed E-state index contributed by atoms with van der Waals surface area (Å²) in [5.41, 5.74) is -0.583. The molecule has 1 fully saturated rings. The summed E-state index contributed by atoms with van der Waals surface area (Å²) in [5, 5.41) is 7.67. The second-order valence-electron chi connectivity index (χ2n) is 7.78. The van der Waals surface area contributed by atoms with Crippen molar-refractivity contribution in [1.82, 2.24) is 14.5 Å². The van der Waals surface area contributed by atoms with Crippen molar-refractivity contribution in [2.24, 2.45) is 7.05 Å². The summed E-state index contributed by atoms with van der Waals surface area (Å²) >= 11 is 0. The zero-order valence-corrected chi connectivity index (χ0v) is 17.6. The van der Waals surface area contributed by atoms with Gasteiger partial charge in [-0.25, -0.2) is 26.3 Å². The summed E-state index contributed by atoms with van der Waals surface area (Å²) in [6.45, 7) is 2.54. The van der Waals surface area contributed by atoms with Gasteiger partial charge in [0.1, 0.15) is 5.82 Å².